The third-order valence-corrected chi connectivity index (χ3v) is 8.05. The zero-order chi connectivity index (χ0) is 27.6. The van der Waals surface area contributed by atoms with Crippen LogP contribution in [0.5, 0.6) is 5.75 Å². The second-order valence-corrected chi connectivity index (χ2v) is 11.0. The third kappa shape index (κ3) is 7.74. The van der Waals surface area contributed by atoms with Crippen LogP contribution in [-0.4, -0.2) is 37.0 Å². The van der Waals surface area contributed by atoms with E-state index < -0.39 is 0 Å². The highest BCUT2D eigenvalue weighted by molar-refractivity contribution is 7.99. The molecule has 5 rings (SSSR count). The number of ether oxygens (including phenoxy) is 5. The van der Waals surface area contributed by atoms with Gasteiger partial charge in [0.2, 0.25) is 0 Å². The Bertz CT molecular complexity index is 1270. The van der Waals surface area contributed by atoms with Crippen LogP contribution in [-0.2, 0) is 38.8 Å². The van der Waals surface area contributed by atoms with Crippen molar-refractivity contribution in [3.63, 3.8) is 0 Å². The van der Waals surface area contributed by atoms with Crippen molar-refractivity contribution in [2.45, 2.75) is 61.5 Å². The molecule has 0 aliphatic carbocycles. The Hall–Kier alpha value is -3.13. The van der Waals surface area contributed by atoms with E-state index in [1.807, 2.05) is 78.9 Å². The Labute approximate surface area is 241 Å². The lowest BCUT2D eigenvalue weighted by atomic mass is 9.99. The molecule has 4 aromatic rings. The van der Waals surface area contributed by atoms with Crippen molar-refractivity contribution in [3.8, 4) is 5.75 Å². The molecule has 0 aromatic heterocycles. The number of hydrogen-bond donors (Lipinski definition) is 0. The molecule has 1 aliphatic heterocycles. The number of benzene rings is 4. The maximum atomic E-state index is 6.70. The Kier molecular flexibility index (Phi) is 10.3. The summed E-state index contributed by atoms with van der Waals surface area (Å²) in [4.78, 5) is 1.12. The largest absolute Gasteiger partial charge is 0.497 e. The lowest BCUT2D eigenvalue weighted by molar-refractivity contribution is -0.242. The first-order chi connectivity index (χ1) is 19.7. The average Bonchev–Trinajstić information content (AvgIpc) is 3.01. The minimum atomic E-state index is -0.374. The molecule has 0 radical (unpaired) electrons. The maximum Gasteiger partial charge on any atom is 0.136 e. The monoisotopic (exact) mass is 556 g/mol. The lowest BCUT2D eigenvalue weighted by Gasteiger charge is -2.45. The summed E-state index contributed by atoms with van der Waals surface area (Å²) in [6, 6.07) is 38.6. The zero-order valence-electron chi connectivity index (χ0n) is 22.9. The van der Waals surface area contributed by atoms with Crippen molar-refractivity contribution in [1.82, 2.24) is 0 Å². The van der Waals surface area contributed by atoms with E-state index in [1.54, 1.807) is 18.9 Å². The van der Waals surface area contributed by atoms with E-state index in [4.69, 9.17) is 23.7 Å². The molecule has 5 atom stereocenters. The van der Waals surface area contributed by atoms with Gasteiger partial charge in [0, 0.05) is 4.90 Å². The van der Waals surface area contributed by atoms with Gasteiger partial charge < -0.3 is 23.7 Å². The summed E-state index contributed by atoms with van der Waals surface area (Å²) in [7, 11) is 1.67. The van der Waals surface area contributed by atoms with Gasteiger partial charge in [0.15, 0.2) is 0 Å². The van der Waals surface area contributed by atoms with E-state index in [0.717, 1.165) is 27.3 Å². The van der Waals surface area contributed by atoms with Crippen molar-refractivity contribution < 1.29 is 23.7 Å². The predicted octanol–water partition coefficient (Wildman–Crippen LogP) is 7.29. The van der Waals surface area contributed by atoms with Gasteiger partial charge >= 0.3 is 0 Å². The Balaban J connectivity index is 1.41. The van der Waals surface area contributed by atoms with Gasteiger partial charge in [0.05, 0.1) is 33.0 Å². The van der Waals surface area contributed by atoms with Crippen molar-refractivity contribution in [2.75, 3.05) is 7.11 Å². The van der Waals surface area contributed by atoms with Gasteiger partial charge in [-0.3, -0.25) is 0 Å². The first kappa shape index (κ1) is 28.4. The molecule has 5 nitrogen and oxygen atoms in total. The molecule has 0 saturated carbocycles. The first-order valence-electron chi connectivity index (χ1n) is 13.6. The number of rotatable bonds is 12. The Morgan fingerprint density at radius 3 is 1.60 bits per heavy atom. The van der Waals surface area contributed by atoms with Crippen LogP contribution in [0.15, 0.2) is 120 Å². The van der Waals surface area contributed by atoms with Crippen LogP contribution in [0.4, 0.5) is 0 Å². The summed E-state index contributed by atoms with van der Waals surface area (Å²) in [6.07, 6.45) is -1.27. The van der Waals surface area contributed by atoms with Crippen molar-refractivity contribution >= 4 is 11.8 Å². The highest BCUT2D eigenvalue weighted by Crippen LogP contribution is 2.38. The van der Waals surface area contributed by atoms with Gasteiger partial charge in [-0.25, -0.2) is 0 Å². The first-order valence-corrected chi connectivity index (χ1v) is 14.5. The third-order valence-electron chi connectivity index (χ3n) is 6.89. The van der Waals surface area contributed by atoms with Gasteiger partial charge in [-0.2, -0.15) is 0 Å². The highest BCUT2D eigenvalue weighted by Gasteiger charge is 2.47. The predicted molar refractivity (Wildman–Crippen MR) is 158 cm³/mol. The topological polar surface area (TPSA) is 46.2 Å². The average molecular weight is 557 g/mol. The number of hydrogen-bond acceptors (Lipinski definition) is 6. The normalized spacial score (nSPS) is 22.6. The molecule has 0 amide bonds. The Morgan fingerprint density at radius 2 is 1.05 bits per heavy atom. The molecular weight excluding hydrogens is 520 g/mol. The highest BCUT2D eigenvalue weighted by atomic mass is 32.2. The maximum absolute atomic E-state index is 6.70. The Morgan fingerprint density at radius 1 is 0.575 bits per heavy atom. The SMILES string of the molecule is COc1ccc(CO[C@@H]2[C@H](OCc3ccccc3)[C@H](C)O[C@H](Sc3ccccc3)[C@H]2OCc2ccccc2)cc1. The van der Waals surface area contributed by atoms with Crippen LogP contribution in [0.3, 0.4) is 0 Å². The molecule has 1 saturated heterocycles. The summed E-state index contributed by atoms with van der Waals surface area (Å²) >= 11 is 1.66. The molecular formula is C34H36O5S. The minimum absolute atomic E-state index is 0.206. The van der Waals surface area contributed by atoms with Gasteiger partial charge in [0.1, 0.15) is 29.5 Å². The fourth-order valence-electron chi connectivity index (χ4n) is 4.74. The van der Waals surface area contributed by atoms with Gasteiger partial charge in [-0.05, 0) is 47.9 Å². The molecule has 1 aliphatic rings. The van der Waals surface area contributed by atoms with Crippen LogP contribution in [0.1, 0.15) is 23.6 Å². The molecule has 6 heteroatoms. The minimum Gasteiger partial charge on any atom is -0.497 e. The van der Waals surface area contributed by atoms with E-state index >= 15 is 0 Å². The smallest absolute Gasteiger partial charge is 0.136 e. The molecule has 1 fully saturated rings. The van der Waals surface area contributed by atoms with Crippen LogP contribution < -0.4 is 4.74 Å². The van der Waals surface area contributed by atoms with Crippen molar-refractivity contribution in [2.24, 2.45) is 0 Å². The van der Waals surface area contributed by atoms with Crippen molar-refractivity contribution in [1.29, 1.82) is 0 Å². The van der Waals surface area contributed by atoms with Gasteiger partial charge in [-0.15, -0.1) is 0 Å². The van der Waals surface area contributed by atoms with Crippen LogP contribution in [0.2, 0.25) is 0 Å². The molecule has 4 aromatic carbocycles. The zero-order valence-corrected chi connectivity index (χ0v) is 23.7. The standard InChI is InChI=1S/C34H36O5S/c1-25-31(36-22-26-12-6-3-7-13-26)32(37-24-28-18-20-29(35-2)21-19-28)33(38-23-27-14-8-4-9-15-27)34(39-25)40-30-16-10-5-11-17-30/h3-21,25,31-34H,22-24H2,1-2H3/t25-,31+,32+,33-,34+/m0/s1. The molecule has 1 heterocycles. The summed E-state index contributed by atoms with van der Waals surface area (Å²) in [5.74, 6) is 0.816. The fourth-order valence-corrected chi connectivity index (χ4v) is 5.93. The van der Waals surface area contributed by atoms with E-state index in [2.05, 4.69) is 43.3 Å². The van der Waals surface area contributed by atoms with Crippen molar-refractivity contribution in [3.05, 3.63) is 132 Å². The number of methoxy groups -OCH3 is 1. The fraction of sp³-hybridized carbons (Fsp3) is 0.294. The summed E-state index contributed by atoms with van der Waals surface area (Å²) in [5.41, 5.74) is 2.97. The molecule has 0 spiro atoms. The lowest BCUT2D eigenvalue weighted by Crippen LogP contribution is -2.58. The molecule has 208 valence electrons. The summed E-state index contributed by atoms with van der Waals surface area (Å²) in [5, 5.41) is 0. The van der Waals surface area contributed by atoms with Crippen LogP contribution in [0, 0.1) is 0 Å². The van der Waals surface area contributed by atoms with Gasteiger partial charge in [-0.1, -0.05) is 103 Å². The second kappa shape index (κ2) is 14.5. The summed E-state index contributed by atoms with van der Waals surface area (Å²) in [6.45, 7) is 3.39. The summed E-state index contributed by atoms with van der Waals surface area (Å²) < 4.78 is 31.8. The van der Waals surface area contributed by atoms with E-state index in [1.165, 1.54) is 0 Å². The van der Waals surface area contributed by atoms with Crippen LogP contribution >= 0.6 is 11.8 Å². The molecule has 0 unspecified atom stereocenters. The second-order valence-electron chi connectivity index (χ2n) is 9.79. The quantitative estimate of drug-likeness (QED) is 0.183. The van der Waals surface area contributed by atoms with Crippen LogP contribution in [0.25, 0.3) is 0 Å². The molecule has 40 heavy (non-hydrogen) atoms. The van der Waals surface area contributed by atoms with E-state index in [0.29, 0.717) is 19.8 Å². The van der Waals surface area contributed by atoms with E-state index in [9.17, 15) is 0 Å². The molecule has 0 N–H and O–H groups in total. The number of thioether (sulfide) groups is 1. The van der Waals surface area contributed by atoms with E-state index in [-0.39, 0.29) is 29.9 Å². The van der Waals surface area contributed by atoms with Gasteiger partial charge in [0.25, 0.3) is 0 Å². The molecule has 0 bridgehead atoms.